The molecule has 0 bridgehead atoms. The van der Waals surface area contributed by atoms with Gasteiger partial charge in [0.15, 0.2) is 0 Å². The maximum absolute atomic E-state index is 4.38. The SMILES string of the molecule is CCc1c(NC)ncnc1NC(CC)c1nccs1. The highest BCUT2D eigenvalue weighted by Gasteiger charge is 2.16. The molecule has 0 radical (unpaired) electrons. The molecule has 0 aromatic carbocycles. The minimum absolute atomic E-state index is 0.199. The standard InChI is InChI=1S/C13H19N5S/c1-4-9-11(14-3)16-8-17-12(9)18-10(5-2)13-15-6-7-19-13/h6-8,10H,4-5H2,1-3H3,(H2,14,16,17,18). The third kappa shape index (κ3) is 3.01. The normalized spacial score (nSPS) is 12.2. The first-order chi connectivity index (χ1) is 9.30. The Hall–Kier alpha value is -1.69. The average Bonchev–Trinajstić information content (AvgIpc) is 2.98. The van der Waals surface area contributed by atoms with Gasteiger partial charge in [-0.05, 0) is 12.8 Å². The number of nitrogens with one attached hydrogen (secondary N) is 2. The van der Waals surface area contributed by atoms with Crippen LogP contribution in [0.3, 0.4) is 0 Å². The highest BCUT2D eigenvalue weighted by atomic mass is 32.1. The summed E-state index contributed by atoms with van der Waals surface area (Å²) in [7, 11) is 1.88. The minimum atomic E-state index is 0.199. The quantitative estimate of drug-likeness (QED) is 0.849. The number of hydrogen-bond acceptors (Lipinski definition) is 6. The molecule has 2 aromatic rings. The van der Waals surface area contributed by atoms with Gasteiger partial charge >= 0.3 is 0 Å². The van der Waals surface area contributed by atoms with Crippen molar-refractivity contribution in [3.63, 3.8) is 0 Å². The highest BCUT2D eigenvalue weighted by Crippen LogP contribution is 2.27. The van der Waals surface area contributed by atoms with Crippen LogP contribution in [0.1, 0.15) is 36.9 Å². The zero-order valence-corrected chi connectivity index (χ0v) is 12.3. The molecule has 2 N–H and O–H groups in total. The van der Waals surface area contributed by atoms with Gasteiger partial charge < -0.3 is 10.6 Å². The van der Waals surface area contributed by atoms with Crippen LogP contribution in [0.15, 0.2) is 17.9 Å². The number of nitrogens with zero attached hydrogens (tertiary/aromatic N) is 3. The first kappa shape index (κ1) is 13.7. The van der Waals surface area contributed by atoms with Gasteiger partial charge in [-0.3, -0.25) is 0 Å². The van der Waals surface area contributed by atoms with Crippen LogP contribution in [0.5, 0.6) is 0 Å². The number of thiazole rings is 1. The molecule has 102 valence electrons. The summed E-state index contributed by atoms with van der Waals surface area (Å²) in [6, 6.07) is 0.199. The van der Waals surface area contributed by atoms with Crippen LogP contribution in [-0.2, 0) is 6.42 Å². The van der Waals surface area contributed by atoms with Gasteiger partial charge in [-0.25, -0.2) is 15.0 Å². The van der Waals surface area contributed by atoms with Crippen molar-refractivity contribution in [1.82, 2.24) is 15.0 Å². The van der Waals surface area contributed by atoms with Gasteiger partial charge in [-0.2, -0.15) is 0 Å². The van der Waals surface area contributed by atoms with Crippen LogP contribution in [0.4, 0.5) is 11.6 Å². The van der Waals surface area contributed by atoms with Crippen LogP contribution >= 0.6 is 11.3 Å². The number of hydrogen-bond donors (Lipinski definition) is 2. The molecule has 6 heteroatoms. The summed E-state index contributed by atoms with van der Waals surface area (Å²) in [5.74, 6) is 1.78. The molecule has 19 heavy (non-hydrogen) atoms. The molecule has 0 aliphatic carbocycles. The summed E-state index contributed by atoms with van der Waals surface area (Å²) in [6.07, 6.45) is 5.27. The Labute approximate surface area is 117 Å². The second kappa shape index (κ2) is 6.47. The van der Waals surface area contributed by atoms with Crippen molar-refractivity contribution >= 4 is 23.0 Å². The maximum Gasteiger partial charge on any atom is 0.135 e. The van der Waals surface area contributed by atoms with E-state index in [1.165, 1.54) is 0 Å². The molecule has 1 unspecified atom stereocenters. The van der Waals surface area contributed by atoms with Crippen LogP contribution in [0.25, 0.3) is 0 Å². The first-order valence-electron chi connectivity index (χ1n) is 6.47. The second-order valence-electron chi connectivity index (χ2n) is 4.13. The van der Waals surface area contributed by atoms with Gasteiger partial charge in [-0.15, -0.1) is 11.3 Å². The fraction of sp³-hybridized carbons (Fsp3) is 0.462. The van der Waals surface area contributed by atoms with Crippen molar-refractivity contribution < 1.29 is 0 Å². The van der Waals surface area contributed by atoms with Crippen LogP contribution < -0.4 is 10.6 Å². The van der Waals surface area contributed by atoms with Crippen LogP contribution in [0, 0.1) is 0 Å². The largest absolute Gasteiger partial charge is 0.373 e. The van der Waals surface area contributed by atoms with Crippen molar-refractivity contribution in [2.75, 3.05) is 17.7 Å². The fourth-order valence-corrected chi connectivity index (χ4v) is 2.77. The number of anilines is 2. The Morgan fingerprint density at radius 2 is 2.00 bits per heavy atom. The van der Waals surface area contributed by atoms with Gasteiger partial charge in [0.1, 0.15) is 23.0 Å². The van der Waals surface area contributed by atoms with E-state index in [2.05, 4.69) is 39.4 Å². The molecule has 0 spiro atoms. The Morgan fingerprint density at radius 1 is 1.21 bits per heavy atom. The molecule has 0 aliphatic heterocycles. The molecule has 0 saturated heterocycles. The lowest BCUT2D eigenvalue weighted by Gasteiger charge is -2.18. The molecule has 2 rings (SSSR count). The van der Waals surface area contributed by atoms with E-state index < -0.39 is 0 Å². The molecule has 0 aliphatic rings. The summed E-state index contributed by atoms with van der Waals surface area (Å²) >= 11 is 1.67. The molecule has 1 atom stereocenters. The predicted molar refractivity (Wildman–Crippen MR) is 79.7 cm³/mol. The third-order valence-corrected chi connectivity index (χ3v) is 3.89. The van der Waals surface area contributed by atoms with Gasteiger partial charge in [-0.1, -0.05) is 13.8 Å². The molecule has 5 nitrogen and oxygen atoms in total. The van der Waals surface area contributed by atoms with Crippen molar-refractivity contribution in [2.24, 2.45) is 0 Å². The molecule has 2 aromatic heterocycles. The zero-order valence-electron chi connectivity index (χ0n) is 11.5. The van der Waals surface area contributed by atoms with Gasteiger partial charge in [0.05, 0.1) is 6.04 Å². The van der Waals surface area contributed by atoms with Gasteiger partial charge in [0.2, 0.25) is 0 Å². The van der Waals surface area contributed by atoms with Gasteiger partial charge in [0, 0.05) is 24.2 Å². The maximum atomic E-state index is 4.38. The van der Waals surface area contributed by atoms with E-state index in [4.69, 9.17) is 0 Å². The zero-order chi connectivity index (χ0) is 13.7. The van der Waals surface area contributed by atoms with E-state index in [-0.39, 0.29) is 6.04 Å². The summed E-state index contributed by atoms with van der Waals surface area (Å²) in [5.41, 5.74) is 1.11. The van der Waals surface area contributed by atoms with E-state index in [0.717, 1.165) is 35.0 Å². The van der Waals surface area contributed by atoms with E-state index in [0.29, 0.717) is 0 Å². The lowest BCUT2D eigenvalue weighted by molar-refractivity contribution is 0.734. The summed E-state index contributed by atoms with van der Waals surface area (Å²) in [5, 5.41) is 9.68. The van der Waals surface area contributed by atoms with E-state index >= 15 is 0 Å². The summed E-state index contributed by atoms with van der Waals surface area (Å²) in [4.78, 5) is 13.0. The van der Waals surface area contributed by atoms with Gasteiger partial charge in [0.25, 0.3) is 0 Å². The summed E-state index contributed by atoms with van der Waals surface area (Å²) in [6.45, 7) is 4.25. The molecule has 0 amide bonds. The van der Waals surface area contributed by atoms with E-state index in [9.17, 15) is 0 Å². The molecular formula is C13H19N5S. The van der Waals surface area contributed by atoms with Crippen molar-refractivity contribution in [1.29, 1.82) is 0 Å². The molecule has 0 fully saturated rings. The van der Waals surface area contributed by atoms with Crippen molar-refractivity contribution in [2.45, 2.75) is 32.7 Å². The van der Waals surface area contributed by atoms with E-state index in [1.807, 2.05) is 18.6 Å². The van der Waals surface area contributed by atoms with Crippen molar-refractivity contribution in [3.8, 4) is 0 Å². The fourth-order valence-electron chi connectivity index (χ4n) is 2.00. The number of rotatable bonds is 6. The van der Waals surface area contributed by atoms with E-state index in [1.54, 1.807) is 17.7 Å². The predicted octanol–water partition coefficient (Wildman–Crippen LogP) is 3.10. The minimum Gasteiger partial charge on any atom is -0.373 e. The Bertz CT molecular complexity index is 512. The summed E-state index contributed by atoms with van der Waals surface area (Å²) < 4.78 is 0. The lowest BCUT2D eigenvalue weighted by Crippen LogP contribution is -2.13. The van der Waals surface area contributed by atoms with Crippen LogP contribution in [0.2, 0.25) is 0 Å². The molecule has 2 heterocycles. The first-order valence-corrected chi connectivity index (χ1v) is 7.35. The third-order valence-electron chi connectivity index (χ3n) is 3.00. The average molecular weight is 277 g/mol. The molecule has 0 saturated carbocycles. The Kier molecular flexibility index (Phi) is 4.68. The van der Waals surface area contributed by atoms with Crippen molar-refractivity contribution in [3.05, 3.63) is 28.5 Å². The Balaban J connectivity index is 2.27. The topological polar surface area (TPSA) is 62.7 Å². The lowest BCUT2D eigenvalue weighted by atomic mass is 10.2. The Morgan fingerprint density at radius 3 is 2.58 bits per heavy atom. The second-order valence-corrected chi connectivity index (χ2v) is 5.05. The molecular weight excluding hydrogens is 258 g/mol. The smallest absolute Gasteiger partial charge is 0.135 e. The number of aromatic nitrogens is 3. The van der Waals surface area contributed by atoms with Crippen LogP contribution in [-0.4, -0.2) is 22.0 Å². The highest BCUT2D eigenvalue weighted by molar-refractivity contribution is 7.09. The monoisotopic (exact) mass is 277 g/mol.